The number of hydrogen-bond donors (Lipinski definition) is 1. The molecule has 1 aromatic rings. The van der Waals surface area contributed by atoms with Crippen LogP contribution in [0.4, 0.5) is 13.2 Å². The van der Waals surface area contributed by atoms with Gasteiger partial charge in [0.05, 0.1) is 11.7 Å². The fourth-order valence-corrected chi connectivity index (χ4v) is 2.55. The lowest BCUT2D eigenvalue weighted by atomic mass is 10.0. The first-order valence-corrected chi connectivity index (χ1v) is 7.26. The first kappa shape index (κ1) is 17.3. The highest BCUT2D eigenvalue weighted by atomic mass is 19.4. The number of aliphatic hydroxyl groups is 1. The van der Waals surface area contributed by atoms with Crippen molar-refractivity contribution in [1.82, 2.24) is 4.90 Å². The Morgan fingerprint density at radius 3 is 2.57 bits per heavy atom. The maximum absolute atomic E-state index is 12.5. The molecule has 23 heavy (non-hydrogen) atoms. The summed E-state index contributed by atoms with van der Waals surface area (Å²) in [4.78, 5) is 13.1. The molecule has 0 aliphatic carbocycles. The maximum Gasteiger partial charge on any atom is 0.416 e. The zero-order chi connectivity index (χ0) is 17.0. The van der Waals surface area contributed by atoms with Crippen molar-refractivity contribution >= 4 is 12.0 Å². The van der Waals surface area contributed by atoms with E-state index in [0.29, 0.717) is 25.1 Å². The number of rotatable bonds is 4. The second-order valence-corrected chi connectivity index (χ2v) is 5.51. The number of nitrogens with zero attached hydrogens (tertiary/aromatic N) is 1. The highest BCUT2D eigenvalue weighted by molar-refractivity contribution is 5.87. The number of halogens is 3. The van der Waals surface area contributed by atoms with Gasteiger partial charge in [-0.2, -0.15) is 13.2 Å². The summed E-state index contributed by atoms with van der Waals surface area (Å²) in [5, 5.41) is 10.1. The summed E-state index contributed by atoms with van der Waals surface area (Å²) >= 11 is 0. The monoisotopic (exact) mass is 325 g/mol. The average molecular weight is 325 g/mol. The molecule has 1 N–H and O–H groups in total. The summed E-state index contributed by atoms with van der Waals surface area (Å²) in [6.07, 6.45) is -0.0461. The number of alkyl halides is 3. The first-order valence-electron chi connectivity index (χ1n) is 7.26. The third-order valence-corrected chi connectivity index (χ3v) is 3.92. The number of likely N-dealkylation sites (tertiary alicyclic amines) is 1. The van der Waals surface area contributed by atoms with E-state index in [1.165, 1.54) is 18.2 Å². The normalized spacial score (nSPS) is 20.0. The van der Waals surface area contributed by atoms with E-state index < -0.39 is 17.8 Å². The molecule has 1 aliphatic heterocycles. The Labute approximate surface area is 132 Å². The SMILES string of the molecule is C=CC(=O)N1CC[C@H]([C@@H](O)/C=C/c2ccc(C(F)(F)F)cc2)C1. The molecule has 0 unspecified atom stereocenters. The summed E-state index contributed by atoms with van der Waals surface area (Å²) < 4.78 is 37.4. The topological polar surface area (TPSA) is 40.5 Å². The second kappa shape index (κ2) is 7.00. The van der Waals surface area contributed by atoms with Gasteiger partial charge in [-0.25, -0.2) is 0 Å². The Bertz CT molecular complexity index is 593. The van der Waals surface area contributed by atoms with Gasteiger partial charge in [0, 0.05) is 19.0 Å². The highest BCUT2D eigenvalue weighted by Crippen LogP contribution is 2.29. The lowest BCUT2D eigenvalue weighted by Crippen LogP contribution is -2.29. The number of benzene rings is 1. The van der Waals surface area contributed by atoms with Crippen LogP contribution in [0.3, 0.4) is 0 Å². The van der Waals surface area contributed by atoms with Crippen molar-refractivity contribution in [2.75, 3.05) is 13.1 Å². The van der Waals surface area contributed by atoms with Crippen molar-refractivity contribution in [3.8, 4) is 0 Å². The van der Waals surface area contributed by atoms with Crippen LogP contribution in [-0.2, 0) is 11.0 Å². The van der Waals surface area contributed by atoms with Crippen LogP contribution in [0.25, 0.3) is 6.08 Å². The quantitative estimate of drug-likeness (QED) is 0.864. The summed E-state index contributed by atoms with van der Waals surface area (Å²) in [5.41, 5.74) is -0.126. The lowest BCUT2D eigenvalue weighted by molar-refractivity contribution is -0.137. The van der Waals surface area contributed by atoms with E-state index in [-0.39, 0.29) is 11.8 Å². The third kappa shape index (κ3) is 4.45. The predicted molar refractivity (Wildman–Crippen MR) is 81.4 cm³/mol. The van der Waals surface area contributed by atoms with Crippen molar-refractivity contribution in [2.24, 2.45) is 5.92 Å². The van der Waals surface area contributed by atoms with Gasteiger partial charge < -0.3 is 10.0 Å². The third-order valence-electron chi connectivity index (χ3n) is 3.92. The molecule has 0 spiro atoms. The molecular weight excluding hydrogens is 307 g/mol. The largest absolute Gasteiger partial charge is 0.416 e. The lowest BCUT2D eigenvalue weighted by Gasteiger charge is -2.16. The molecule has 2 atom stereocenters. The minimum atomic E-state index is -4.35. The molecular formula is C17H18F3NO2. The van der Waals surface area contributed by atoms with E-state index in [1.54, 1.807) is 17.1 Å². The van der Waals surface area contributed by atoms with Gasteiger partial charge >= 0.3 is 6.18 Å². The fourth-order valence-electron chi connectivity index (χ4n) is 2.55. The summed E-state index contributed by atoms with van der Waals surface area (Å²) in [7, 11) is 0. The Balaban J connectivity index is 1.95. The van der Waals surface area contributed by atoms with Crippen LogP contribution in [0, 0.1) is 5.92 Å². The zero-order valence-electron chi connectivity index (χ0n) is 12.5. The van der Waals surface area contributed by atoms with Gasteiger partial charge in [-0.05, 0) is 30.2 Å². The number of amides is 1. The Morgan fingerprint density at radius 1 is 1.35 bits per heavy atom. The number of carbonyl (C=O) groups is 1. The van der Waals surface area contributed by atoms with Gasteiger partial charge in [-0.1, -0.05) is 30.9 Å². The Hall–Kier alpha value is -2.08. The number of aliphatic hydroxyl groups excluding tert-OH is 1. The molecule has 1 saturated heterocycles. The van der Waals surface area contributed by atoms with E-state index in [1.807, 2.05) is 0 Å². The van der Waals surface area contributed by atoms with Crippen molar-refractivity contribution in [2.45, 2.75) is 18.7 Å². The standard InChI is InChI=1S/C17H18F3NO2/c1-2-16(23)21-10-9-13(11-21)15(22)8-5-12-3-6-14(7-4-12)17(18,19)20/h2-8,13,15,22H,1,9-11H2/b8-5+/t13-,15-/m0/s1. The van der Waals surface area contributed by atoms with E-state index in [0.717, 1.165) is 12.1 Å². The molecule has 1 fully saturated rings. The van der Waals surface area contributed by atoms with Gasteiger partial charge in [0.1, 0.15) is 0 Å². The smallest absolute Gasteiger partial charge is 0.389 e. The van der Waals surface area contributed by atoms with Crippen LogP contribution in [-0.4, -0.2) is 35.1 Å². The summed E-state index contributed by atoms with van der Waals surface area (Å²) in [5.74, 6) is -0.240. The van der Waals surface area contributed by atoms with E-state index in [4.69, 9.17) is 0 Å². The highest BCUT2D eigenvalue weighted by Gasteiger charge is 2.30. The molecule has 0 aromatic heterocycles. The molecule has 1 amide bonds. The fraction of sp³-hybridized carbons (Fsp3) is 0.353. The van der Waals surface area contributed by atoms with E-state index in [9.17, 15) is 23.1 Å². The maximum atomic E-state index is 12.5. The molecule has 1 aliphatic rings. The molecule has 124 valence electrons. The summed E-state index contributed by atoms with van der Waals surface area (Å²) in [6.45, 7) is 4.45. The van der Waals surface area contributed by atoms with E-state index >= 15 is 0 Å². The predicted octanol–water partition coefficient (Wildman–Crippen LogP) is 3.11. The molecule has 0 bridgehead atoms. The minimum Gasteiger partial charge on any atom is -0.389 e. The molecule has 0 radical (unpaired) electrons. The van der Waals surface area contributed by atoms with Crippen molar-refractivity contribution < 1.29 is 23.1 Å². The molecule has 0 saturated carbocycles. The van der Waals surface area contributed by atoms with Gasteiger partial charge in [0.15, 0.2) is 0 Å². The van der Waals surface area contributed by atoms with Crippen LogP contribution in [0.15, 0.2) is 43.0 Å². The number of carbonyl (C=O) groups excluding carboxylic acids is 1. The molecule has 2 rings (SSSR count). The second-order valence-electron chi connectivity index (χ2n) is 5.51. The molecule has 1 aromatic carbocycles. The molecule has 1 heterocycles. The Morgan fingerprint density at radius 2 is 2.00 bits per heavy atom. The molecule has 6 heteroatoms. The van der Waals surface area contributed by atoms with Gasteiger partial charge in [-0.15, -0.1) is 0 Å². The van der Waals surface area contributed by atoms with Gasteiger partial charge in [0.2, 0.25) is 5.91 Å². The average Bonchev–Trinajstić information content (AvgIpc) is 3.01. The van der Waals surface area contributed by atoms with Crippen LogP contribution in [0.1, 0.15) is 17.5 Å². The minimum absolute atomic E-state index is 0.0791. The zero-order valence-corrected chi connectivity index (χ0v) is 12.5. The Kier molecular flexibility index (Phi) is 5.26. The van der Waals surface area contributed by atoms with Crippen molar-refractivity contribution in [3.05, 3.63) is 54.1 Å². The van der Waals surface area contributed by atoms with Crippen LogP contribution in [0.2, 0.25) is 0 Å². The van der Waals surface area contributed by atoms with E-state index in [2.05, 4.69) is 6.58 Å². The van der Waals surface area contributed by atoms with Gasteiger partial charge in [-0.3, -0.25) is 4.79 Å². The van der Waals surface area contributed by atoms with Crippen LogP contribution in [0.5, 0.6) is 0 Å². The van der Waals surface area contributed by atoms with Gasteiger partial charge in [0.25, 0.3) is 0 Å². The van der Waals surface area contributed by atoms with Crippen molar-refractivity contribution in [1.29, 1.82) is 0 Å². The van der Waals surface area contributed by atoms with Crippen LogP contribution >= 0.6 is 0 Å². The van der Waals surface area contributed by atoms with Crippen LogP contribution < -0.4 is 0 Å². The number of hydrogen-bond acceptors (Lipinski definition) is 2. The molecule has 3 nitrogen and oxygen atoms in total. The summed E-state index contributed by atoms with van der Waals surface area (Å²) in [6, 6.07) is 4.72. The first-order chi connectivity index (χ1) is 10.8. The van der Waals surface area contributed by atoms with Crippen molar-refractivity contribution in [3.63, 3.8) is 0 Å².